The molecule has 0 fully saturated rings. The number of hydrogen-bond donors (Lipinski definition) is 2. The SMILES string of the molecule is Cc1cc(F)ccc1CC(NN)c1nccn1C. The maximum Gasteiger partial charge on any atom is 0.127 e. The third kappa shape index (κ3) is 2.57. The minimum Gasteiger partial charge on any atom is -0.337 e. The van der Waals surface area contributed by atoms with E-state index in [4.69, 9.17) is 5.84 Å². The van der Waals surface area contributed by atoms with Crippen LogP contribution in [-0.2, 0) is 13.5 Å². The predicted octanol–water partition coefficient (Wildman–Crippen LogP) is 1.61. The van der Waals surface area contributed by atoms with E-state index in [0.717, 1.165) is 17.0 Å². The molecule has 1 aromatic carbocycles. The molecular weight excluding hydrogens is 231 g/mol. The zero-order valence-corrected chi connectivity index (χ0v) is 10.5. The average Bonchev–Trinajstić information content (AvgIpc) is 2.75. The Kier molecular flexibility index (Phi) is 3.74. The number of aromatic nitrogens is 2. The molecule has 0 aliphatic rings. The second kappa shape index (κ2) is 5.29. The van der Waals surface area contributed by atoms with E-state index < -0.39 is 0 Å². The van der Waals surface area contributed by atoms with E-state index in [9.17, 15) is 4.39 Å². The van der Waals surface area contributed by atoms with Crippen molar-refractivity contribution in [3.63, 3.8) is 0 Å². The standard InChI is InChI=1S/C13H17FN4/c1-9-7-11(14)4-3-10(9)8-12(17-15)13-16-5-6-18(13)2/h3-7,12,17H,8,15H2,1-2H3. The Balaban J connectivity index is 2.23. The summed E-state index contributed by atoms with van der Waals surface area (Å²) in [5.74, 6) is 6.23. The average molecular weight is 248 g/mol. The van der Waals surface area contributed by atoms with Crippen LogP contribution in [0, 0.1) is 12.7 Å². The van der Waals surface area contributed by atoms with Crippen molar-refractivity contribution in [2.75, 3.05) is 0 Å². The van der Waals surface area contributed by atoms with E-state index in [1.165, 1.54) is 12.1 Å². The van der Waals surface area contributed by atoms with Crippen LogP contribution >= 0.6 is 0 Å². The van der Waals surface area contributed by atoms with Crippen LogP contribution in [0.25, 0.3) is 0 Å². The van der Waals surface area contributed by atoms with Crippen molar-refractivity contribution in [3.05, 3.63) is 53.4 Å². The largest absolute Gasteiger partial charge is 0.337 e. The first-order valence-electron chi connectivity index (χ1n) is 5.80. The van der Waals surface area contributed by atoms with Crippen molar-refractivity contribution in [1.29, 1.82) is 0 Å². The zero-order chi connectivity index (χ0) is 13.1. The first-order valence-corrected chi connectivity index (χ1v) is 5.80. The second-order valence-corrected chi connectivity index (χ2v) is 4.39. The van der Waals surface area contributed by atoms with Gasteiger partial charge in [0.1, 0.15) is 11.6 Å². The quantitative estimate of drug-likeness (QED) is 0.638. The molecule has 0 spiro atoms. The Bertz CT molecular complexity index is 536. The molecule has 0 amide bonds. The van der Waals surface area contributed by atoms with Gasteiger partial charge in [0.2, 0.25) is 0 Å². The molecule has 1 heterocycles. The van der Waals surface area contributed by atoms with E-state index in [0.29, 0.717) is 6.42 Å². The summed E-state index contributed by atoms with van der Waals surface area (Å²) in [6.07, 6.45) is 4.28. The van der Waals surface area contributed by atoms with E-state index >= 15 is 0 Å². The first kappa shape index (κ1) is 12.7. The van der Waals surface area contributed by atoms with E-state index in [-0.39, 0.29) is 11.9 Å². The third-order valence-electron chi connectivity index (χ3n) is 3.10. The molecule has 2 aromatic rings. The minimum absolute atomic E-state index is 0.0887. The van der Waals surface area contributed by atoms with Crippen LogP contribution in [0.4, 0.5) is 4.39 Å². The van der Waals surface area contributed by atoms with Gasteiger partial charge in [-0.1, -0.05) is 6.07 Å². The highest BCUT2D eigenvalue weighted by Gasteiger charge is 2.16. The van der Waals surface area contributed by atoms with Gasteiger partial charge in [-0.2, -0.15) is 0 Å². The maximum absolute atomic E-state index is 13.0. The van der Waals surface area contributed by atoms with Crippen LogP contribution in [-0.4, -0.2) is 9.55 Å². The van der Waals surface area contributed by atoms with Crippen molar-refractivity contribution in [2.45, 2.75) is 19.4 Å². The smallest absolute Gasteiger partial charge is 0.127 e. The molecular formula is C13H17FN4. The van der Waals surface area contributed by atoms with Crippen LogP contribution in [0.3, 0.4) is 0 Å². The lowest BCUT2D eigenvalue weighted by atomic mass is 10.0. The van der Waals surface area contributed by atoms with Crippen LogP contribution in [0.2, 0.25) is 0 Å². The lowest BCUT2D eigenvalue weighted by Gasteiger charge is -2.17. The normalized spacial score (nSPS) is 12.7. The number of aryl methyl sites for hydroxylation is 2. The molecule has 1 atom stereocenters. The molecule has 2 rings (SSSR count). The zero-order valence-electron chi connectivity index (χ0n) is 10.5. The monoisotopic (exact) mass is 248 g/mol. The van der Waals surface area contributed by atoms with Crippen molar-refractivity contribution >= 4 is 0 Å². The minimum atomic E-state index is -0.217. The summed E-state index contributed by atoms with van der Waals surface area (Å²) in [4.78, 5) is 4.28. The molecule has 0 radical (unpaired) electrons. The van der Waals surface area contributed by atoms with Crippen molar-refractivity contribution < 1.29 is 4.39 Å². The van der Waals surface area contributed by atoms with Gasteiger partial charge < -0.3 is 4.57 Å². The highest BCUT2D eigenvalue weighted by Crippen LogP contribution is 2.19. The van der Waals surface area contributed by atoms with Crippen molar-refractivity contribution in [2.24, 2.45) is 12.9 Å². The van der Waals surface area contributed by atoms with Crippen LogP contribution in [0.15, 0.2) is 30.6 Å². The molecule has 0 saturated heterocycles. The fourth-order valence-electron chi connectivity index (χ4n) is 2.05. The third-order valence-corrected chi connectivity index (χ3v) is 3.10. The molecule has 0 bridgehead atoms. The van der Waals surface area contributed by atoms with Gasteiger partial charge >= 0.3 is 0 Å². The summed E-state index contributed by atoms with van der Waals surface area (Å²) in [6, 6.07) is 4.70. The molecule has 3 N–H and O–H groups in total. The topological polar surface area (TPSA) is 55.9 Å². The van der Waals surface area contributed by atoms with Gasteiger partial charge in [0, 0.05) is 19.4 Å². The summed E-state index contributed by atoms with van der Waals surface area (Å²) in [6.45, 7) is 1.89. The van der Waals surface area contributed by atoms with Gasteiger partial charge in [0.15, 0.2) is 0 Å². The van der Waals surface area contributed by atoms with Crippen molar-refractivity contribution in [3.8, 4) is 0 Å². The Hall–Kier alpha value is -1.72. The molecule has 18 heavy (non-hydrogen) atoms. The van der Waals surface area contributed by atoms with Gasteiger partial charge in [-0.15, -0.1) is 0 Å². The molecule has 4 nitrogen and oxygen atoms in total. The molecule has 5 heteroatoms. The van der Waals surface area contributed by atoms with E-state index in [1.807, 2.05) is 24.7 Å². The lowest BCUT2D eigenvalue weighted by molar-refractivity contribution is 0.506. The van der Waals surface area contributed by atoms with Crippen LogP contribution < -0.4 is 11.3 Å². The Morgan fingerprint density at radius 1 is 1.50 bits per heavy atom. The van der Waals surface area contributed by atoms with Gasteiger partial charge in [0.05, 0.1) is 6.04 Å². The number of imidazole rings is 1. The van der Waals surface area contributed by atoms with Crippen LogP contribution in [0.1, 0.15) is 23.0 Å². The fourth-order valence-corrected chi connectivity index (χ4v) is 2.05. The second-order valence-electron chi connectivity index (χ2n) is 4.39. The number of nitrogens with zero attached hydrogens (tertiary/aromatic N) is 2. The summed E-state index contributed by atoms with van der Waals surface area (Å²) in [5, 5.41) is 0. The Morgan fingerprint density at radius 3 is 2.83 bits per heavy atom. The molecule has 0 saturated carbocycles. The highest BCUT2D eigenvalue weighted by molar-refractivity contribution is 5.28. The molecule has 96 valence electrons. The lowest BCUT2D eigenvalue weighted by Crippen LogP contribution is -2.31. The number of halogens is 1. The number of hydrogen-bond acceptors (Lipinski definition) is 3. The Labute approximate surface area is 106 Å². The summed E-state index contributed by atoms with van der Waals surface area (Å²) >= 11 is 0. The number of nitrogens with one attached hydrogen (secondary N) is 1. The summed E-state index contributed by atoms with van der Waals surface area (Å²) in [5.41, 5.74) is 4.74. The van der Waals surface area contributed by atoms with Crippen LogP contribution in [0.5, 0.6) is 0 Å². The van der Waals surface area contributed by atoms with Gasteiger partial charge in [0.25, 0.3) is 0 Å². The maximum atomic E-state index is 13.0. The summed E-state index contributed by atoms with van der Waals surface area (Å²) in [7, 11) is 1.92. The molecule has 0 aliphatic heterocycles. The van der Waals surface area contributed by atoms with Crippen molar-refractivity contribution in [1.82, 2.24) is 15.0 Å². The van der Waals surface area contributed by atoms with E-state index in [1.54, 1.807) is 12.3 Å². The van der Waals surface area contributed by atoms with Gasteiger partial charge in [-0.25, -0.2) is 14.8 Å². The highest BCUT2D eigenvalue weighted by atomic mass is 19.1. The molecule has 1 unspecified atom stereocenters. The predicted molar refractivity (Wildman–Crippen MR) is 68.1 cm³/mol. The van der Waals surface area contributed by atoms with Gasteiger partial charge in [-0.05, 0) is 36.6 Å². The number of rotatable bonds is 4. The van der Waals surface area contributed by atoms with E-state index in [2.05, 4.69) is 10.4 Å². The number of hydrazine groups is 1. The number of nitrogens with two attached hydrogens (primary N) is 1. The fraction of sp³-hybridized carbons (Fsp3) is 0.308. The molecule has 0 aliphatic carbocycles. The van der Waals surface area contributed by atoms with Gasteiger partial charge in [-0.3, -0.25) is 5.84 Å². The summed E-state index contributed by atoms with van der Waals surface area (Å²) < 4.78 is 15.0. The molecule has 1 aromatic heterocycles. The number of benzene rings is 1. The Morgan fingerprint density at radius 2 is 2.28 bits per heavy atom. The first-order chi connectivity index (χ1) is 8.61.